The van der Waals surface area contributed by atoms with Crippen LogP contribution in [0.5, 0.6) is 0 Å². The number of aromatic amines is 1. The van der Waals surface area contributed by atoms with Gasteiger partial charge >= 0.3 is 0 Å². The van der Waals surface area contributed by atoms with Crippen LogP contribution in [-0.4, -0.2) is 30.6 Å². The summed E-state index contributed by atoms with van der Waals surface area (Å²) in [6, 6.07) is 12.1. The molecule has 5 rings (SSSR count). The van der Waals surface area contributed by atoms with Crippen LogP contribution < -0.4 is 5.32 Å². The third-order valence-corrected chi connectivity index (χ3v) is 5.87. The lowest BCUT2D eigenvalue weighted by Crippen LogP contribution is -2.26. The third kappa shape index (κ3) is 3.54. The molecule has 1 amide bonds. The molecular formula is C23H18BrFN6O. The van der Waals surface area contributed by atoms with E-state index in [9.17, 15) is 9.18 Å². The second-order valence-corrected chi connectivity index (χ2v) is 8.45. The summed E-state index contributed by atoms with van der Waals surface area (Å²) in [5.74, 6) is -0.596. The molecule has 0 fully saturated rings. The van der Waals surface area contributed by atoms with Crippen LogP contribution in [0.2, 0.25) is 0 Å². The Balaban J connectivity index is 1.51. The van der Waals surface area contributed by atoms with E-state index in [1.165, 1.54) is 12.1 Å². The first kappa shape index (κ1) is 20.3. The average Bonchev–Trinajstić information content (AvgIpc) is 3.34. The molecular weight excluding hydrogens is 475 g/mol. The molecule has 0 spiro atoms. The normalized spacial score (nSPS) is 12.4. The van der Waals surface area contributed by atoms with Gasteiger partial charge in [0.2, 0.25) is 0 Å². The van der Waals surface area contributed by atoms with E-state index in [-0.39, 0.29) is 17.8 Å². The van der Waals surface area contributed by atoms with Crippen molar-refractivity contribution in [2.75, 3.05) is 0 Å². The highest BCUT2D eigenvalue weighted by molar-refractivity contribution is 9.10. The number of rotatable bonds is 4. The minimum Gasteiger partial charge on any atom is -0.345 e. The fraction of sp³-hybridized carbons (Fsp3) is 0.130. The van der Waals surface area contributed by atoms with Crippen LogP contribution in [0.3, 0.4) is 0 Å². The molecule has 7 nitrogen and oxygen atoms in total. The lowest BCUT2D eigenvalue weighted by molar-refractivity contribution is 0.0941. The number of fused-ring (bicyclic) bond motifs is 2. The van der Waals surface area contributed by atoms with Gasteiger partial charge in [0.25, 0.3) is 5.91 Å². The van der Waals surface area contributed by atoms with Gasteiger partial charge in [0.15, 0.2) is 5.65 Å². The standard InChI is InChI=1S/C23H18BrFN6O/c1-12(13-4-3-5-14(24)8-13)28-23(32)17-10-26-22-21(17)29-18(11-27-22)20-16-7-6-15(25)9-19(16)31(2)30-20/h3-12H,1-2H3,(H,26,27)(H,28,32)/t12-/m1/s1. The number of nitrogens with zero attached hydrogens (tertiary/aromatic N) is 4. The highest BCUT2D eigenvalue weighted by Crippen LogP contribution is 2.28. The molecule has 0 saturated heterocycles. The van der Waals surface area contributed by atoms with E-state index in [0.717, 1.165) is 15.4 Å². The van der Waals surface area contributed by atoms with Crippen LogP contribution in [0.4, 0.5) is 4.39 Å². The number of hydrogen-bond donors (Lipinski definition) is 2. The van der Waals surface area contributed by atoms with Crippen LogP contribution in [0.1, 0.15) is 28.9 Å². The van der Waals surface area contributed by atoms with Crippen molar-refractivity contribution in [2.24, 2.45) is 7.05 Å². The van der Waals surface area contributed by atoms with E-state index in [0.29, 0.717) is 33.6 Å². The van der Waals surface area contributed by atoms with Gasteiger partial charge in [-0.3, -0.25) is 9.48 Å². The monoisotopic (exact) mass is 492 g/mol. The molecule has 0 saturated carbocycles. The van der Waals surface area contributed by atoms with E-state index in [1.807, 2.05) is 31.2 Å². The number of aromatic nitrogens is 5. The van der Waals surface area contributed by atoms with E-state index in [2.05, 4.69) is 41.3 Å². The molecule has 2 N–H and O–H groups in total. The van der Waals surface area contributed by atoms with Crippen LogP contribution in [0.15, 0.2) is 59.3 Å². The van der Waals surface area contributed by atoms with Crippen LogP contribution in [0, 0.1) is 5.82 Å². The highest BCUT2D eigenvalue weighted by atomic mass is 79.9. The van der Waals surface area contributed by atoms with Gasteiger partial charge in [-0.15, -0.1) is 0 Å². The number of carbonyl (C=O) groups is 1. The van der Waals surface area contributed by atoms with Crippen LogP contribution >= 0.6 is 15.9 Å². The second kappa shape index (κ2) is 7.83. The SMILES string of the molecule is C[C@@H](NC(=O)c1c[nH]c2ncc(-c3nn(C)c4cc(F)ccc34)nc12)c1cccc(Br)c1. The maximum atomic E-state index is 13.7. The molecule has 0 bridgehead atoms. The summed E-state index contributed by atoms with van der Waals surface area (Å²) in [6.45, 7) is 1.92. The van der Waals surface area contributed by atoms with Gasteiger partial charge in [-0.25, -0.2) is 14.4 Å². The number of aryl methyl sites for hydroxylation is 1. The summed E-state index contributed by atoms with van der Waals surface area (Å²) in [5.41, 5.74) is 4.05. The van der Waals surface area contributed by atoms with Gasteiger partial charge in [0.05, 0.1) is 23.3 Å². The summed E-state index contributed by atoms with van der Waals surface area (Å²) in [4.78, 5) is 25.1. The number of nitrogens with one attached hydrogen (secondary N) is 2. The summed E-state index contributed by atoms with van der Waals surface area (Å²) < 4.78 is 16.2. The molecule has 0 unspecified atom stereocenters. The van der Waals surface area contributed by atoms with Crippen molar-refractivity contribution in [1.82, 2.24) is 30.0 Å². The second-order valence-electron chi connectivity index (χ2n) is 7.54. The number of hydrogen-bond acceptors (Lipinski definition) is 4. The summed E-state index contributed by atoms with van der Waals surface area (Å²) in [5, 5.41) is 8.26. The fourth-order valence-electron chi connectivity index (χ4n) is 3.73. The molecule has 9 heteroatoms. The molecule has 3 heterocycles. The van der Waals surface area contributed by atoms with Crippen molar-refractivity contribution >= 4 is 43.9 Å². The molecule has 3 aromatic heterocycles. The van der Waals surface area contributed by atoms with E-state index in [4.69, 9.17) is 0 Å². The number of halogens is 2. The Bertz CT molecular complexity index is 1490. The zero-order valence-corrected chi connectivity index (χ0v) is 18.8. The Morgan fingerprint density at radius 2 is 2.09 bits per heavy atom. The smallest absolute Gasteiger partial charge is 0.255 e. The zero-order valence-electron chi connectivity index (χ0n) is 17.2. The van der Waals surface area contributed by atoms with Crippen molar-refractivity contribution in [2.45, 2.75) is 13.0 Å². The lowest BCUT2D eigenvalue weighted by Gasteiger charge is -2.14. The van der Waals surface area contributed by atoms with Crippen molar-refractivity contribution in [3.05, 3.63) is 76.3 Å². The topological polar surface area (TPSA) is 88.5 Å². The molecule has 2 aromatic carbocycles. The highest BCUT2D eigenvalue weighted by Gasteiger charge is 2.19. The maximum Gasteiger partial charge on any atom is 0.255 e. The van der Waals surface area contributed by atoms with Crippen LogP contribution in [0.25, 0.3) is 33.5 Å². The quantitative estimate of drug-likeness (QED) is 0.373. The van der Waals surface area contributed by atoms with Gasteiger partial charge in [-0.1, -0.05) is 28.1 Å². The Kier molecular flexibility index (Phi) is 4.97. The first-order valence-electron chi connectivity index (χ1n) is 9.94. The molecule has 0 aliphatic heterocycles. The Morgan fingerprint density at radius 3 is 2.91 bits per heavy atom. The fourth-order valence-corrected chi connectivity index (χ4v) is 4.15. The predicted octanol–water partition coefficient (Wildman–Crippen LogP) is 4.90. The van der Waals surface area contributed by atoms with E-state index < -0.39 is 0 Å². The Hall–Kier alpha value is -3.59. The van der Waals surface area contributed by atoms with Gasteiger partial charge in [0, 0.05) is 23.1 Å². The Morgan fingerprint density at radius 1 is 1.25 bits per heavy atom. The molecule has 32 heavy (non-hydrogen) atoms. The van der Waals surface area contributed by atoms with Gasteiger partial charge in [0.1, 0.15) is 22.7 Å². The predicted molar refractivity (Wildman–Crippen MR) is 124 cm³/mol. The first-order valence-corrected chi connectivity index (χ1v) is 10.7. The molecule has 160 valence electrons. The van der Waals surface area contributed by atoms with Gasteiger partial charge in [-0.2, -0.15) is 5.10 Å². The minimum absolute atomic E-state index is 0.198. The van der Waals surface area contributed by atoms with Crippen molar-refractivity contribution < 1.29 is 9.18 Å². The van der Waals surface area contributed by atoms with E-state index >= 15 is 0 Å². The van der Waals surface area contributed by atoms with Crippen molar-refractivity contribution in [3.63, 3.8) is 0 Å². The molecule has 0 aliphatic rings. The molecule has 0 radical (unpaired) electrons. The lowest BCUT2D eigenvalue weighted by atomic mass is 10.1. The minimum atomic E-state index is -0.335. The maximum absolute atomic E-state index is 13.7. The molecule has 5 aromatic rings. The third-order valence-electron chi connectivity index (χ3n) is 5.38. The van der Waals surface area contributed by atoms with E-state index in [1.54, 1.807) is 30.2 Å². The number of amides is 1. The zero-order chi connectivity index (χ0) is 22.4. The van der Waals surface area contributed by atoms with Gasteiger partial charge in [-0.05, 0) is 42.8 Å². The van der Waals surface area contributed by atoms with Gasteiger partial charge < -0.3 is 10.3 Å². The average molecular weight is 493 g/mol. The summed E-state index contributed by atoms with van der Waals surface area (Å²) >= 11 is 3.46. The number of H-pyrrole nitrogens is 1. The van der Waals surface area contributed by atoms with Crippen molar-refractivity contribution in [3.8, 4) is 11.4 Å². The Labute approximate surface area is 190 Å². The largest absolute Gasteiger partial charge is 0.345 e. The van der Waals surface area contributed by atoms with Crippen molar-refractivity contribution in [1.29, 1.82) is 0 Å². The first-order chi connectivity index (χ1) is 15.4. The summed E-state index contributed by atoms with van der Waals surface area (Å²) in [7, 11) is 1.75. The molecule has 1 atom stereocenters. The molecule has 0 aliphatic carbocycles. The number of carbonyl (C=O) groups excluding carboxylic acids is 1. The number of benzene rings is 2. The van der Waals surface area contributed by atoms with Crippen LogP contribution in [-0.2, 0) is 7.05 Å². The summed E-state index contributed by atoms with van der Waals surface area (Å²) in [6.07, 6.45) is 3.19.